The number of nitrogens with zero attached hydrogens (tertiary/aromatic N) is 1. The van der Waals surface area contributed by atoms with Crippen LogP contribution in [0, 0.1) is 24.7 Å². The number of terminal acetylenes is 1. The Hall–Kier alpha value is -3.36. The molecule has 3 fully saturated rings. The fourth-order valence-electron chi connectivity index (χ4n) is 7.19. The van der Waals surface area contributed by atoms with Crippen molar-refractivity contribution in [3.8, 4) is 12.8 Å². The summed E-state index contributed by atoms with van der Waals surface area (Å²) in [6, 6.07) is -1.64. The predicted molar refractivity (Wildman–Crippen MR) is 221 cm³/mol. The molecule has 3 aliphatic carbocycles. The van der Waals surface area contributed by atoms with Crippen LogP contribution < -0.4 is 21.3 Å². The van der Waals surface area contributed by atoms with Crippen LogP contribution in [0.15, 0.2) is 23.8 Å². The van der Waals surface area contributed by atoms with Crippen LogP contribution in [0.3, 0.4) is 0 Å². The van der Waals surface area contributed by atoms with Gasteiger partial charge in [0.05, 0.1) is 13.2 Å². The highest BCUT2D eigenvalue weighted by atomic mass is 16.5. The van der Waals surface area contributed by atoms with Crippen molar-refractivity contribution < 1.29 is 29.0 Å². The molecular weight excluding hydrogens is 683 g/mol. The lowest BCUT2D eigenvalue weighted by molar-refractivity contribution is -0.131. The highest BCUT2D eigenvalue weighted by Crippen LogP contribution is 2.30. The van der Waals surface area contributed by atoms with Gasteiger partial charge in [-0.3, -0.25) is 14.4 Å². The van der Waals surface area contributed by atoms with Gasteiger partial charge in [0.2, 0.25) is 17.7 Å². The maximum atomic E-state index is 13.8. The van der Waals surface area contributed by atoms with Gasteiger partial charge in [-0.25, -0.2) is 4.79 Å². The zero-order valence-electron chi connectivity index (χ0n) is 34.8. The summed E-state index contributed by atoms with van der Waals surface area (Å²) in [4.78, 5) is 53.3. The monoisotopic (exact) mass is 760 g/mol. The average Bonchev–Trinajstić information content (AvgIpc) is 3.76. The molecule has 1 unspecified atom stereocenters. The van der Waals surface area contributed by atoms with Gasteiger partial charge in [-0.2, -0.15) is 0 Å². The second kappa shape index (κ2) is 33.0. The molecule has 1 aliphatic heterocycles. The molecule has 3 atom stereocenters. The van der Waals surface area contributed by atoms with E-state index in [1.807, 2.05) is 13.8 Å². The fourth-order valence-corrected chi connectivity index (χ4v) is 7.19. The summed E-state index contributed by atoms with van der Waals surface area (Å²) >= 11 is 0. The molecule has 11 heteroatoms. The normalized spacial score (nSPS) is 18.4. The molecule has 5 N–H and O–H groups in total. The van der Waals surface area contributed by atoms with Crippen LogP contribution in [-0.2, 0) is 19.1 Å². The van der Waals surface area contributed by atoms with Crippen LogP contribution in [0.25, 0.3) is 0 Å². The third-order valence-corrected chi connectivity index (χ3v) is 10.2. The molecular formula is C43H77N5O6. The molecule has 0 radical (unpaired) electrons. The van der Waals surface area contributed by atoms with Gasteiger partial charge in [0.1, 0.15) is 12.1 Å². The average molecular weight is 760 g/mol. The Labute approximate surface area is 328 Å². The van der Waals surface area contributed by atoms with Crippen LogP contribution in [0.2, 0.25) is 0 Å². The van der Waals surface area contributed by atoms with Crippen molar-refractivity contribution >= 4 is 23.8 Å². The van der Waals surface area contributed by atoms with Crippen molar-refractivity contribution in [3.05, 3.63) is 23.8 Å². The number of carbonyl (C=O) groups excluding carboxylic acids is 4. The summed E-state index contributed by atoms with van der Waals surface area (Å²) in [5.74, 6) is 0.331. The highest BCUT2D eigenvalue weighted by molar-refractivity contribution is 5.92. The van der Waals surface area contributed by atoms with Crippen molar-refractivity contribution in [2.75, 3.05) is 40.0 Å². The van der Waals surface area contributed by atoms with E-state index in [2.05, 4.69) is 66.2 Å². The molecule has 310 valence electrons. The van der Waals surface area contributed by atoms with Crippen molar-refractivity contribution in [2.24, 2.45) is 11.8 Å². The lowest BCUT2D eigenvalue weighted by Gasteiger charge is -2.31. The van der Waals surface area contributed by atoms with E-state index in [0.717, 1.165) is 64.9 Å². The van der Waals surface area contributed by atoms with Crippen molar-refractivity contribution in [3.63, 3.8) is 0 Å². The second-order valence-electron chi connectivity index (χ2n) is 14.3. The number of unbranched alkanes of at least 4 members (excludes halogenated alkanes) is 1. The summed E-state index contributed by atoms with van der Waals surface area (Å²) in [5, 5.41) is 19.1. The molecule has 11 nitrogen and oxygen atoms in total. The fraction of sp³-hybridized carbons (Fsp3) is 0.767. The number of allylic oxidation sites excluding steroid dienone is 4. The standard InChI is InChI=1S/C31H55N5O5.C7H10.C2H6.C2H2.CH4O/c1-3-4-16-27(37)32-17-10-15-26(22-24-11-6-5-7-12-24)34-30(39)28(25-13-8-9-14-25)35-29(38)23(2)33-31(40)36-18-20-41-21-19-36;1-7-5-3-2-4-6-7;3*1-2/h23-26,28H,3-22H2,1-2H3,(H,32,37)(H,33,40)(H,34,39)(H,35,38);3,5-6H,2,4H2,1H3;1-2H3;1-2H;2H,1H3/t23-,26-,28?;;;;/m1..../s1. The van der Waals surface area contributed by atoms with Gasteiger partial charge in [-0.05, 0) is 77.0 Å². The SMILES string of the molecule is C#C.CC.CC1=CCCC=C1.CCCCC(=O)NCCC[C@H](CC1CCCCC1)NC(=O)C(NC(=O)[C@@H](C)NC(=O)N1CCOCC1)C1CCCC1.CO. The van der Waals surface area contributed by atoms with Gasteiger partial charge in [0, 0.05) is 39.2 Å². The molecule has 0 aromatic rings. The Balaban J connectivity index is 0.00000186. The van der Waals surface area contributed by atoms with Crippen molar-refractivity contribution in [1.29, 1.82) is 0 Å². The van der Waals surface area contributed by atoms with Crippen molar-refractivity contribution in [1.82, 2.24) is 26.2 Å². The predicted octanol–water partition coefficient (Wildman–Crippen LogP) is 6.80. The Kier molecular flexibility index (Phi) is 31.0. The van der Waals surface area contributed by atoms with Gasteiger partial charge in [-0.1, -0.05) is 95.9 Å². The number of carbonyl (C=O) groups is 4. The smallest absolute Gasteiger partial charge is 0.318 e. The molecule has 0 aromatic heterocycles. The molecule has 0 bridgehead atoms. The molecule has 4 aliphatic rings. The highest BCUT2D eigenvalue weighted by Gasteiger charge is 2.35. The first-order valence-electron chi connectivity index (χ1n) is 20.9. The number of ether oxygens (including phenoxy) is 1. The van der Waals surface area contributed by atoms with Gasteiger partial charge in [0.15, 0.2) is 0 Å². The van der Waals surface area contributed by atoms with Crippen molar-refractivity contribution in [2.45, 2.75) is 162 Å². The van der Waals surface area contributed by atoms with E-state index in [-0.39, 0.29) is 35.7 Å². The van der Waals surface area contributed by atoms with E-state index in [1.54, 1.807) is 11.8 Å². The maximum absolute atomic E-state index is 13.8. The van der Waals surface area contributed by atoms with E-state index in [4.69, 9.17) is 9.84 Å². The first kappa shape index (κ1) is 50.6. The minimum Gasteiger partial charge on any atom is -0.400 e. The number of morpholine rings is 1. The van der Waals surface area contributed by atoms with E-state index >= 15 is 0 Å². The summed E-state index contributed by atoms with van der Waals surface area (Å²) < 4.78 is 5.31. The zero-order valence-corrected chi connectivity index (χ0v) is 34.8. The molecule has 1 saturated heterocycles. The largest absolute Gasteiger partial charge is 0.400 e. The Morgan fingerprint density at radius 1 is 0.889 bits per heavy atom. The lowest BCUT2D eigenvalue weighted by Crippen LogP contribution is -2.58. The molecule has 5 amide bonds. The summed E-state index contributed by atoms with van der Waals surface area (Å²) in [6.07, 6.45) is 32.2. The number of hydrogen-bond donors (Lipinski definition) is 5. The summed E-state index contributed by atoms with van der Waals surface area (Å²) in [7, 11) is 1.00. The zero-order chi connectivity index (χ0) is 40.6. The molecule has 54 heavy (non-hydrogen) atoms. The van der Waals surface area contributed by atoms with E-state index in [0.29, 0.717) is 45.2 Å². The second-order valence-corrected chi connectivity index (χ2v) is 14.3. The van der Waals surface area contributed by atoms with Crippen LogP contribution >= 0.6 is 0 Å². The maximum Gasteiger partial charge on any atom is 0.318 e. The number of rotatable bonds is 15. The summed E-state index contributed by atoms with van der Waals surface area (Å²) in [6.45, 7) is 12.5. The number of hydrogen-bond acceptors (Lipinski definition) is 6. The Morgan fingerprint density at radius 2 is 1.52 bits per heavy atom. The van der Waals surface area contributed by atoms with Crippen LogP contribution in [-0.4, -0.2) is 91.8 Å². The van der Waals surface area contributed by atoms with E-state index in [1.165, 1.54) is 50.5 Å². The van der Waals surface area contributed by atoms with Gasteiger partial charge >= 0.3 is 6.03 Å². The quantitative estimate of drug-likeness (QED) is 0.0917. The van der Waals surface area contributed by atoms with Gasteiger partial charge in [-0.15, -0.1) is 12.8 Å². The van der Waals surface area contributed by atoms with Gasteiger partial charge < -0.3 is 36.0 Å². The number of amides is 5. The number of aliphatic hydroxyl groups is 1. The lowest BCUT2D eigenvalue weighted by atomic mass is 9.83. The molecule has 1 heterocycles. The third kappa shape index (κ3) is 22.1. The van der Waals surface area contributed by atoms with E-state index < -0.39 is 12.1 Å². The minimum absolute atomic E-state index is 0.0115. The summed E-state index contributed by atoms with van der Waals surface area (Å²) in [5.41, 5.74) is 1.41. The Bertz CT molecular complexity index is 1090. The third-order valence-electron chi connectivity index (χ3n) is 10.2. The molecule has 0 aromatic carbocycles. The minimum atomic E-state index is -0.753. The van der Waals surface area contributed by atoms with Crippen LogP contribution in [0.5, 0.6) is 0 Å². The molecule has 2 saturated carbocycles. The first-order valence-corrected chi connectivity index (χ1v) is 20.9. The first-order chi connectivity index (χ1) is 26.3. The van der Waals surface area contributed by atoms with Crippen LogP contribution in [0.1, 0.15) is 144 Å². The molecule has 4 rings (SSSR count). The van der Waals surface area contributed by atoms with E-state index in [9.17, 15) is 19.2 Å². The number of nitrogens with one attached hydrogen (secondary N) is 4. The number of urea groups is 1. The topological polar surface area (TPSA) is 149 Å². The van der Waals surface area contributed by atoms with Gasteiger partial charge in [0.25, 0.3) is 0 Å². The number of aliphatic hydroxyl groups excluding tert-OH is 1. The Morgan fingerprint density at radius 3 is 2.07 bits per heavy atom. The molecule has 0 spiro atoms. The van der Waals surface area contributed by atoms with Crippen LogP contribution in [0.4, 0.5) is 4.79 Å².